The van der Waals surface area contributed by atoms with Crippen molar-refractivity contribution in [3.63, 3.8) is 0 Å². The van der Waals surface area contributed by atoms with E-state index in [0.717, 1.165) is 49.0 Å². The number of halogens is 2. The summed E-state index contributed by atoms with van der Waals surface area (Å²) in [5.41, 5.74) is 3.43. The molecular formula is C35H37Cl2N7O5. The van der Waals surface area contributed by atoms with E-state index in [9.17, 15) is 9.90 Å². The van der Waals surface area contributed by atoms with E-state index in [2.05, 4.69) is 32.0 Å². The Morgan fingerprint density at radius 2 is 1.63 bits per heavy atom. The number of aliphatic hydroxyl groups is 1. The lowest BCUT2D eigenvalue weighted by Crippen LogP contribution is -2.46. The van der Waals surface area contributed by atoms with Crippen molar-refractivity contribution in [1.29, 1.82) is 0 Å². The predicted molar refractivity (Wildman–Crippen MR) is 187 cm³/mol. The minimum atomic E-state index is -1.10. The first-order chi connectivity index (χ1) is 23.8. The highest BCUT2D eigenvalue weighted by molar-refractivity contribution is 6.35. The van der Waals surface area contributed by atoms with E-state index < -0.39 is 5.79 Å². The van der Waals surface area contributed by atoms with E-state index in [-0.39, 0.29) is 24.9 Å². The summed E-state index contributed by atoms with van der Waals surface area (Å²) < 4.78 is 23.7. The zero-order valence-electron chi connectivity index (χ0n) is 27.0. The van der Waals surface area contributed by atoms with Gasteiger partial charge in [0.1, 0.15) is 24.3 Å². The van der Waals surface area contributed by atoms with Gasteiger partial charge < -0.3 is 33.7 Å². The highest BCUT2D eigenvalue weighted by atomic mass is 35.5. The molecule has 1 N–H and O–H groups in total. The van der Waals surface area contributed by atoms with Crippen LogP contribution in [-0.4, -0.2) is 81.1 Å². The predicted octanol–water partition coefficient (Wildman–Crippen LogP) is 4.51. The highest BCUT2D eigenvalue weighted by Crippen LogP contribution is 2.40. The Labute approximate surface area is 293 Å². The number of hydrogen-bond donors (Lipinski definition) is 1. The molecule has 12 nitrogen and oxygen atoms in total. The molecule has 2 unspecified atom stereocenters. The fourth-order valence-electron chi connectivity index (χ4n) is 6.41. The van der Waals surface area contributed by atoms with Gasteiger partial charge in [-0.1, -0.05) is 29.3 Å². The molecule has 2 aromatic heterocycles. The van der Waals surface area contributed by atoms with Gasteiger partial charge in [-0.2, -0.15) is 5.10 Å². The summed E-state index contributed by atoms with van der Waals surface area (Å²) in [4.78, 5) is 21.6. The van der Waals surface area contributed by atoms with Crippen LogP contribution in [0.25, 0.3) is 5.69 Å². The van der Waals surface area contributed by atoms with Crippen LogP contribution >= 0.6 is 23.2 Å². The molecule has 14 heteroatoms. The van der Waals surface area contributed by atoms with Gasteiger partial charge in [0.25, 0.3) is 0 Å². The van der Waals surface area contributed by atoms with Gasteiger partial charge in [0, 0.05) is 60.5 Å². The average Bonchev–Trinajstić information content (AvgIpc) is 3.84. The van der Waals surface area contributed by atoms with E-state index in [0.29, 0.717) is 41.2 Å². The van der Waals surface area contributed by atoms with Crippen molar-refractivity contribution in [1.82, 2.24) is 23.9 Å². The van der Waals surface area contributed by atoms with Crippen molar-refractivity contribution < 1.29 is 19.3 Å². The van der Waals surface area contributed by atoms with Crippen LogP contribution in [0.5, 0.6) is 5.75 Å². The molecule has 0 saturated carbocycles. The van der Waals surface area contributed by atoms with Crippen molar-refractivity contribution in [2.45, 2.75) is 31.9 Å². The SMILES string of the molecule is Cc1nn(CCO)c(=O)n1-c1ccc(N2CCN(c3ccc(OCC4COC(Cn5ccnc5)(c5ccc(Cl)cc5Cl)O4)cc3)CC2)cc1. The Morgan fingerprint density at radius 3 is 2.27 bits per heavy atom. The summed E-state index contributed by atoms with van der Waals surface area (Å²) in [7, 11) is 0. The molecule has 49 heavy (non-hydrogen) atoms. The molecule has 2 saturated heterocycles. The van der Waals surface area contributed by atoms with Crippen LogP contribution in [0.3, 0.4) is 0 Å². The number of piperazine rings is 1. The molecule has 0 amide bonds. The van der Waals surface area contributed by atoms with Crippen molar-refractivity contribution in [3.05, 3.63) is 117 Å². The molecule has 2 aliphatic rings. The Balaban J connectivity index is 0.930. The number of nitrogens with zero attached hydrogens (tertiary/aromatic N) is 7. The number of anilines is 2. The maximum Gasteiger partial charge on any atom is 0.350 e. The van der Waals surface area contributed by atoms with E-state index in [1.54, 1.807) is 36.1 Å². The molecular weight excluding hydrogens is 669 g/mol. The van der Waals surface area contributed by atoms with E-state index in [1.807, 2.05) is 53.2 Å². The smallest absolute Gasteiger partial charge is 0.350 e. The van der Waals surface area contributed by atoms with Crippen LogP contribution in [-0.2, 0) is 28.4 Å². The van der Waals surface area contributed by atoms with Crippen LogP contribution in [0.15, 0.2) is 90.2 Å². The highest BCUT2D eigenvalue weighted by Gasteiger charge is 2.45. The molecule has 3 aromatic carbocycles. The van der Waals surface area contributed by atoms with Crippen molar-refractivity contribution >= 4 is 34.6 Å². The molecule has 2 atom stereocenters. The molecule has 4 heterocycles. The third kappa shape index (κ3) is 7.06. The molecule has 0 radical (unpaired) electrons. The number of aliphatic hydroxyl groups excluding tert-OH is 1. The first-order valence-electron chi connectivity index (χ1n) is 16.2. The minimum absolute atomic E-state index is 0.136. The maximum atomic E-state index is 12.7. The fourth-order valence-corrected chi connectivity index (χ4v) is 6.96. The minimum Gasteiger partial charge on any atom is -0.491 e. The summed E-state index contributed by atoms with van der Waals surface area (Å²) in [6, 6.07) is 21.4. The van der Waals surface area contributed by atoms with Gasteiger partial charge in [-0.25, -0.2) is 19.0 Å². The second kappa shape index (κ2) is 14.3. The van der Waals surface area contributed by atoms with Crippen LogP contribution in [0.2, 0.25) is 10.0 Å². The molecule has 0 spiro atoms. The maximum absolute atomic E-state index is 12.7. The van der Waals surface area contributed by atoms with E-state index in [4.69, 9.17) is 37.4 Å². The number of imidazole rings is 1. The number of aryl methyl sites for hydroxylation is 1. The third-order valence-electron chi connectivity index (χ3n) is 8.85. The molecule has 0 bridgehead atoms. The lowest BCUT2D eigenvalue weighted by molar-refractivity contribution is -0.189. The van der Waals surface area contributed by atoms with Crippen molar-refractivity contribution in [3.8, 4) is 11.4 Å². The van der Waals surface area contributed by atoms with Gasteiger partial charge in [0.05, 0.1) is 43.3 Å². The van der Waals surface area contributed by atoms with Gasteiger partial charge in [0.2, 0.25) is 5.79 Å². The fraction of sp³-hybridized carbons (Fsp3) is 0.343. The zero-order valence-corrected chi connectivity index (χ0v) is 28.5. The Kier molecular flexibility index (Phi) is 9.66. The van der Waals surface area contributed by atoms with Crippen LogP contribution < -0.4 is 20.2 Å². The van der Waals surface area contributed by atoms with Gasteiger partial charge in [-0.15, -0.1) is 0 Å². The molecule has 2 fully saturated rings. The van der Waals surface area contributed by atoms with Gasteiger partial charge in [-0.05, 0) is 67.6 Å². The quantitative estimate of drug-likeness (QED) is 0.212. The first-order valence-corrected chi connectivity index (χ1v) is 16.9. The Hall–Kier alpha value is -4.33. The van der Waals surface area contributed by atoms with Crippen LogP contribution in [0.4, 0.5) is 11.4 Å². The molecule has 256 valence electrons. The largest absolute Gasteiger partial charge is 0.491 e. The number of hydrogen-bond acceptors (Lipinski definition) is 9. The topological polar surface area (TPSA) is 112 Å². The number of benzene rings is 3. The third-order valence-corrected chi connectivity index (χ3v) is 9.40. The number of rotatable bonds is 11. The van der Waals surface area contributed by atoms with E-state index in [1.165, 1.54) is 4.68 Å². The normalized spacial score (nSPS) is 19.5. The summed E-state index contributed by atoms with van der Waals surface area (Å²) in [6.45, 7) is 6.31. The second-order valence-electron chi connectivity index (χ2n) is 12.1. The van der Waals surface area contributed by atoms with Crippen LogP contribution in [0.1, 0.15) is 11.4 Å². The summed E-state index contributed by atoms with van der Waals surface area (Å²) >= 11 is 12.8. The zero-order chi connectivity index (χ0) is 34.0. The number of ether oxygens (including phenoxy) is 3. The summed E-state index contributed by atoms with van der Waals surface area (Å²) in [5, 5.41) is 14.5. The van der Waals surface area contributed by atoms with Crippen LogP contribution in [0, 0.1) is 6.92 Å². The lowest BCUT2D eigenvalue weighted by Gasteiger charge is -2.37. The molecule has 2 aliphatic heterocycles. The Bertz CT molecular complexity index is 1920. The monoisotopic (exact) mass is 705 g/mol. The van der Waals surface area contributed by atoms with Crippen molar-refractivity contribution in [2.24, 2.45) is 0 Å². The molecule has 0 aliphatic carbocycles. The summed E-state index contributed by atoms with van der Waals surface area (Å²) in [5.74, 6) is 0.229. The molecule has 5 aromatic rings. The van der Waals surface area contributed by atoms with Gasteiger partial charge in [-0.3, -0.25) is 0 Å². The molecule has 7 rings (SSSR count). The first kappa shape index (κ1) is 33.2. The lowest BCUT2D eigenvalue weighted by atomic mass is 10.1. The van der Waals surface area contributed by atoms with Gasteiger partial charge >= 0.3 is 5.69 Å². The average molecular weight is 707 g/mol. The van der Waals surface area contributed by atoms with E-state index >= 15 is 0 Å². The summed E-state index contributed by atoms with van der Waals surface area (Å²) in [6.07, 6.45) is 4.96. The Morgan fingerprint density at radius 1 is 0.959 bits per heavy atom. The van der Waals surface area contributed by atoms with Gasteiger partial charge in [0.15, 0.2) is 0 Å². The number of aromatic nitrogens is 5. The van der Waals surface area contributed by atoms with Crippen molar-refractivity contribution in [2.75, 3.05) is 55.8 Å². The second-order valence-corrected chi connectivity index (χ2v) is 12.9. The standard InChI is InChI=1S/C35H37Cl2N7O5/c1-25-39-43(18-19-45)34(46)44(25)29-5-3-27(4-6-29)41-14-16-42(17-15-41)28-7-9-30(10-8-28)47-21-31-22-48-35(49-31,23-40-13-12-38-24-40)32-11-2-26(36)20-33(32)37/h2-13,20,24,31,45H,14-19,21-23H2,1H3.